The third-order valence-electron chi connectivity index (χ3n) is 6.64. The van der Waals surface area contributed by atoms with Crippen molar-refractivity contribution in [2.24, 2.45) is 21.8 Å². The first-order valence-corrected chi connectivity index (χ1v) is 11.8. The fourth-order valence-electron chi connectivity index (χ4n) is 5.19. The van der Waals surface area contributed by atoms with Gasteiger partial charge in [-0.1, -0.05) is 44.4 Å². The number of nitrogens with one attached hydrogen (secondary N) is 1. The molecule has 0 bridgehead atoms. The Morgan fingerprint density at radius 1 is 1.14 bits per heavy atom. The topological polar surface area (TPSA) is 67.8 Å². The first-order chi connectivity index (χ1) is 13.2. The molecule has 28 heavy (non-hydrogen) atoms. The maximum Gasteiger partial charge on any atom is 0.276 e. The van der Waals surface area contributed by atoms with Crippen molar-refractivity contribution >= 4 is 16.2 Å². The van der Waals surface area contributed by atoms with Crippen LogP contribution >= 0.6 is 0 Å². The van der Waals surface area contributed by atoms with Crippen LogP contribution in [0.3, 0.4) is 0 Å². The molecule has 1 aromatic rings. The smallest absolute Gasteiger partial charge is 0.276 e. The molecule has 1 N–H and O–H groups in total. The lowest BCUT2D eigenvalue weighted by Gasteiger charge is -2.42. The van der Waals surface area contributed by atoms with E-state index >= 15 is 0 Å². The van der Waals surface area contributed by atoms with Crippen molar-refractivity contribution < 1.29 is 13.2 Å². The molecule has 3 atom stereocenters. The average molecular weight is 407 g/mol. The van der Waals surface area contributed by atoms with Crippen LogP contribution < -0.4 is 4.83 Å². The molecule has 2 fully saturated rings. The van der Waals surface area contributed by atoms with E-state index in [0.717, 1.165) is 37.7 Å². The van der Waals surface area contributed by atoms with E-state index in [1.165, 1.54) is 12.8 Å². The summed E-state index contributed by atoms with van der Waals surface area (Å²) < 4.78 is 31.0. The van der Waals surface area contributed by atoms with E-state index in [0.29, 0.717) is 5.92 Å². The van der Waals surface area contributed by atoms with Gasteiger partial charge >= 0.3 is 0 Å². The monoisotopic (exact) mass is 406 g/mol. The van der Waals surface area contributed by atoms with Gasteiger partial charge in [0.25, 0.3) is 10.0 Å². The predicted molar refractivity (Wildman–Crippen MR) is 113 cm³/mol. The number of hydrogen-bond acceptors (Lipinski definition) is 4. The Morgan fingerprint density at radius 2 is 1.82 bits per heavy atom. The highest BCUT2D eigenvalue weighted by Crippen LogP contribution is 2.55. The molecule has 0 aliphatic heterocycles. The molecule has 2 aliphatic carbocycles. The minimum absolute atomic E-state index is 0.111. The fraction of sp³-hybridized carbons (Fsp3) is 0.682. The van der Waals surface area contributed by atoms with Gasteiger partial charge < -0.3 is 4.74 Å². The molecule has 0 heterocycles. The molecule has 0 saturated heterocycles. The van der Waals surface area contributed by atoms with Crippen LogP contribution in [0.4, 0.5) is 0 Å². The number of methoxy groups -OCH3 is 1. The van der Waals surface area contributed by atoms with Gasteiger partial charge in [0.05, 0.1) is 11.0 Å². The molecule has 0 radical (unpaired) electrons. The van der Waals surface area contributed by atoms with E-state index in [9.17, 15) is 8.42 Å². The quantitative estimate of drug-likeness (QED) is 0.552. The maximum absolute atomic E-state index is 12.6. The van der Waals surface area contributed by atoms with Crippen molar-refractivity contribution in [3.05, 3.63) is 29.8 Å². The van der Waals surface area contributed by atoms with Crippen LogP contribution in [-0.4, -0.2) is 27.8 Å². The van der Waals surface area contributed by atoms with Gasteiger partial charge in [-0.05, 0) is 62.5 Å². The summed E-state index contributed by atoms with van der Waals surface area (Å²) in [6, 6.07) is 6.82. The van der Waals surface area contributed by atoms with Gasteiger partial charge in [0.1, 0.15) is 0 Å². The SMILES string of the molecule is CO[C@@H]1CCCC[C@@H]1[C@]1(/C=N/NS(=O)(=O)c2ccc(C)cc2)CCC(C)(C)C1. The predicted octanol–water partition coefficient (Wildman–Crippen LogP) is 4.66. The molecule has 0 aromatic heterocycles. The molecule has 5 nitrogen and oxygen atoms in total. The summed E-state index contributed by atoms with van der Waals surface area (Å²) in [6.07, 6.45) is 9.88. The maximum atomic E-state index is 12.6. The van der Waals surface area contributed by atoms with Crippen LogP contribution in [0, 0.1) is 23.7 Å². The van der Waals surface area contributed by atoms with Gasteiger partial charge in [0, 0.05) is 18.7 Å². The molecular formula is C22H34N2O3S. The van der Waals surface area contributed by atoms with Crippen molar-refractivity contribution in [1.29, 1.82) is 0 Å². The van der Waals surface area contributed by atoms with Gasteiger partial charge in [-0.3, -0.25) is 0 Å². The Kier molecular flexibility index (Phi) is 6.20. The Morgan fingerprint density at radius 3 is 2.43 bits per heavy atom. The highest BCUT2D eigenvalue weighted by molar-refractivity contribution is 7.89. The Bertz CT molecular complexity index is 802. The fourth-order valence-corrected chi connectivity index (χ4v) is 5.98. The molecule has 0 unspecified atom stereocenters. The number of benzene rings is 1. The summed E-state index contributed by atoms with van der Waals surface area (Å²) in [6.45, 7) is 6.53. The van der Waals surface area contributed by atoms with Gasteiger partial charge in [0.15, 0.2) is 0 Å². The molecule has 3 rings (SSSR count). The van der Waals surface area contributed by atoms with Gasteiger partial charge in [-0.2, -0.15) is 13.5 Å². The van der Waals surface area contributed by atoms with Crippen molar-refractivity contribution in [2.75, 3.05) is 7.11 Å². The molecule has 156 valence electrons. The molecule has 1 aromatic carbocycles. The second-order valence-electron chi connectivity index (χ2n) is 9.41. The molecule has 2 aliphatic rings. The second kappa shape index (κ2) is 8.15. The zero-order valence-electron chi connectivity index (χ0n) is 17.6. The standard InChI is InChI=1S/C22H34N2O3S/c1-17-9-11-18(12-10-17)28(25,26)24-23-16-22(14-13-21(2,3)15-22)19-7-5-6-8-20(19)27-4/h9-12,16,19-20,24H,5-8,13-15H2,1-4H3/b23-16+/t19-,20+,22+/m0/s1. The summed E-state index contributed by atoms with van der Waals surface area (Å²) in [5, 5.41) is 4.29. The van der Waals surface area contributed by atoms with Crippen molar-refractivity contribution in [3.63, 3.8) is 0 Å². The summed E-state index contributed by atoms with van der Waals surface area (Å²) in [4.78, 5) is 2.69. The van der Waals surface area contributed by atoms with E-state index in [1.807, 2.05) is 13.1 Å². The summed E-state index contributed by atoms with van der Waals surface area (Å²) >= 11 is 0. The summed E-state index contributed by atoms with van der Waals surface area (Å²) in [5.41, 5.74) is 1.15. The van der Waals surface area contributed by atoms with Gasteiger partial charge in [-0.15, -0.1) is 0 Å². The van der Waals surface area contributed by atoms with Crippen LogP contribution in [0.5, 0.6) is 0 Å². The molecule has 0 amide bonds. The van der Waals surface area contributed by atoms with Crippen LogP contribution in [0.1, 0.15) is 64.4 Å². The number of sulfonamides is 1. The highest BCUT2D eigenvalue weighted by atomic mass is 32.2. The van der Waals surface area contributed by atoms with Crippen LogP contribution in [-0.2, 0) is 14.8 Å². The van der Waals surface area contributed by atoms with Crippen LogP contribution in [0.15, 0.2) is 34.3 Å². The second-order valence-corrected chi connectivity index (χ2v) is 11.1. The Hall–Kier alpha value is -1.40. The third kappa shape index (κ3) is 4.60. The Labute approximate surface area is 170 Å². The minimum Gasteiger partial charge on any atom is -0.381 e. The van der Waals surface area contributed by atoms with Crippen LogP contribution in [0.25, 0.3) is 0 Å². The van der Waals surface area contributed by atoms with Gasteiger partial charge in [0.2, 0.25) is 0 Å². The largest absolute Gasteiger partial charge is 0.381 e. The van der Waals surface area contributed by atoms with E-state index < -0.39 is 10.0 Å². The zero-order chi connectivity index (χ0) is 20.4. The lowest BCUT2D eigenvalue weighted by atomic mass is 9.65. The highest BCUT2D eigenvalue weighted by Gasteiger charge is 2.50. The first kappa shape index (κ1) is 21.3. The van der Waals surface area contributed by atoms with Crippen molar-refractivity contribution in [1.82, 2.24) is 4.83 Å². The lowest BCUT2D eigenvalue weighted by Crippen LogP contribution is -2.42. The number of rotatable bonds is 6. The number of ether oxygens (including phenoxy) is 1. The number of aryl methyl sites for hydroxylation is 1. The minimum atomic E-state index is -3.65. The summed E-state index contributed by atoms with van der Waals surface area (Å²) in [7, 11) is -1.85. The zero-order valence-corrected chi connectivity index (χ0v) is 18.4. The van der Waals surface area contributed by atoms with Crippen molar-refractivity contribution in [2.45, 2.75) is 76.7 Å². The average Bonchev–Trinajstić information content (AvgIpc) is 2.97. The van der Waals surface area contributed by atoms with Crippen LogP contribution in [0.2, 0.25) is 0 Å². The Balaban J connectivity index is 1.83. The third-order valence-corrected chi connectivity index (χ3v) is 7.88. The normalized spacial score (nSPS) is 30.6. The number of nitrogens with zero attached hydrogens (tertiary/aromatic N) is 1. The molecule has 6 heteroatoms. The van der Waals surface area contributed by atoms with E-state index in [-0.39, 0.29) is 21.8 Å². The molecule has 0 spiro atoms. The van der Waals surface area contributed by atoms with Crippen molar-refractivity contribution in [3.8, 4) is 0 Å². The molecular weight excluding hydrogens is 372 g/mol. The van der Waals surface area contributed by atoms with Gasteiger partial charge in [-0.25, -0.2) is 4.83 Å². The number of hydrogen-bond donors (Lipinski definition) is 1. The lowest BCUT2D eigenvalue weighted by molar-refractivity contribution is -0.0167. The van der Waals surface area contributed by atoms with E-state index in [2.05, 4.69) is 23.8 Å². The van der Waals surface area contributed by atoms with E-state index in [1.54, 1.807) is 31.4 Å². The first-order valence-electron chi connectivity index (χ1n) is 10.3. The molecule has 2 saturated carbocycles. The van der Waals surface area contributed by atoms with E-state index in [4.69, 9.17) is 4.74 Å². The number of hydrazone groups is 1. The summed E-state index contributed by atoms with van der Waals surface area (Å²) in [5.74, 6) is 0.389.